The summed E-state index contributed by atoms with van der Waals surface area (Å²) in [5.74, 6) is 1.66. The molecule has 4 N–H and O–H groups in total. The maximum Gasteiger partial charge on any atom is 0.188 e. The summed E-state index contributed by atoms with van der Waals surface area (Å²) in [5, 5.41) is 13.6. The van der Waals surface area contributed by atoms with E-state index >= 15 is 0 Å². The molecule has 0 aromatic heterocycles. The molecule has 0 spiro atoms. The average molecular weight is 321 g/mol. The Kier molecular flexibility index (Phi) is 6.52. The number of guanidine groups is 1. The van der Waals surface area contributed by atoms with Crippen molar-refractivity contribution in [3.05, 3.63) is 23.8 Å². The summed E-state index contributed by atoms with van der Waals surface area (Å²) in [4.78, 5) is 4.26. The molecule has 23 heavy (non-hydrogen) atoms. The van der Waals surface area contributed by atoms with E-state index in [1.165, 1.54) is 19.3 Å². The van der Waals surface area contributed by atoms with Gasteiger partial charge in [-0.25, -0.2) is 0 Å². The number of aliphatic hydroxyl groups excluding tert-OH is 1. The highest BCUT2D eigenvalue weighted by Gasteiger charge is 2.14. The summed E-state index contributed by atoms with van der Waals surface area (Å²) in [6.07, 6.45) is 5.27. The number of nitrogens with zero attached hydrogens (tertiary/aromatic N) is 1. The Balaban J connectivity index is 1.94. The zero-order valence-corrected chi connectivity index (χ0v) is 13.9. The van der Waals surface area contributed by atoms with Crippen LogP contribution in [0.25, 0.3) is 0 Å². The van der Waals surface area contributed by atoms with Crippen molar-refractivity contribution in [2.75, 3.05) is 20.8 Å². The molecule has 1 aliphatic carbocycles. The molecule has 0 heterocycles. The van der Waals surface area contributed by atoms with Gasteiger partial charge in [0.25, 0.3) is 0 Å². The fourth-order valence-corrected chi connectivity index (χ4v) is 2.81. The molecule has 6 nitrogen and oxygen atoms in total. The van der Waals surface area contributed by atoms with Crippen molar-refractivity contribution in [1.82, 2.24) is 5.32 Å². The van der Waals surface area contributed by atoms with Crippen LogP contribution < -0.4 is 20.5 Å². The lowest BCUT2D eigenvalue weighted by Crippen LogP contribution is -2.41. The number of nitrogens with one attached hydrogen (secondary N) is 1. The first-order chi connectivity index (χ1) is 11.1. The number of hydrogen-bond acceptors (Lipinski definition) is 4. The van der Waals surface area contributed by atoms with Gasteiger partial charge in [-0.2, -0.15) is 0 Å². The van der Waals surface area contributed by atoms with Crippen molar-refractivity contribution >= 4 is 5.96 Å². The van der Waals surface area contributed by atoms with Gasteiger partial charge in [0.2, 0.25) is 0 Å². The quantitative estimate of drug-likeness (QED) is 0.551. The molecule has 0 bridgehead atoms. The number of benzene rings is 1. The first-order valence-electron chi connectivity index (χ1n) is 8.10. The van der Waals surface area contributed by atoms with Crippen molar-refractivity contribution in [3.8, 4) is 11.5 Å². The van der Waals surface area contributed by atoms with E-state index < -0.39 is 6.10 Å². The van der Waals surface area contributed by atoms with Crippen LogP contribution in [0, 0.1) is 0 Å². The van der Waals surface area contributed by atoms with Crippen molar-refractivity contribution in [2.45, 2.75) is 44.2 Å². The SMILES string of the molecule is COc1cc(OC)cc(C(O)CN=C(N)NC2CCCCC2)c1. The van der Waals surface area contributed by atoms with Crippen LogP contribution >= 0.6 is 0 Å². The molecule has 1 atom stereocenters. The Morgan fingerprint density at radius 3 is 2.39 bits per heavy atom. The van der Waals surface area contributed by atoms with Gasteiger partial charge in [0.05, 0.1) is 26.9 Å². The first kappa shape index (κ1) is 17.4. The number of hydrogen-bond donors (Lipinski definition) is 3. The van der Waals surface area contributed by atoms with Crippen LogP contribution in [0.4, 0.5) is 0 Å². The van der Waals surface area contributed by atoms with Gasteiger partial charge in [-0.1, -0.05) is 19.3 Å². The molecule has 1 aromatic carbocycles. The zero-order chi connectivity index (χ0) is 16.7. The summed E-state index contributed by atoms with van der Waals surface area (Å²) in [7, 11) is 3.16. The fraction of sp³-hybridized carbons (Fsp3) is 0.588. The third kappa shape index (κ3) is 5.32. The second-order valence-electron chi connectivity index (χ2n) is 5.87. The average Bonchev–Trinajstić information content (AvgIpc) is 2.60. The molecule has 0 radical (unpaired) electrons. The summed E-state index contributed by atoms with van der Waals surface area (Å²) in [6.45, 7) is 0.196. The highest BCUT2D eigenvalue weighted by atomic mass is 16.5. The number of aliphatic imine (C=N–C) groups is 1. The van der Waals surface area contributed by atoms with Crippen LogP contribution in [-0.2, 0) is 0 Å². The third-order valence-electron chi connectivity index (χ3n) is 4.15. The van der Waals surface area contributed by atoms with Crippen molar-refractivity contribution in [1.29, 1.82) is 0 Å². The normalized spacial score (nSPS) is 17.6. The molecular weight excluding hydrogens is 294 g/mol. The molecule has 6 heteroatoms. The van der Waals surface area contributed by atoms with E-state index in [1.54, 1.807) is 32.4 Å². The zero-order valence-electron chi connectivity index (χ0n) is 13.9. The molecule has 0 aliphatic heterocycles. The highest BCUT2D eigenvalue weighted by Crippen LogP contribution is 2.26. The number of aliphatic hydroxyl groups is 1. The van der Waals surface area contributed by atoms with Crippen LogP contribution in [0.15, 0.2) is 23.2 Å². The minimum absolute atomic E-state index is 0.196. The summed E-state index contributed by atoms with van der Waals surface area (Å²) < 4.78 is 10.4. The number of methoxy groups -OCH3 is 2. The maximum absolute atomic E-state index is 10.3. The fourth-order valence-electron chi connectivity index (χ4n) is 2.81. The van der Waals surface area contributed by atoms with Crippen LogP contribution in [-0.4, -0.2) is 37.9 Å². The van der Waals surface area contributed by atoms with E-state index in [-0.39, 0.29) is 6.54 Å². The summed E-state index contributed by atoms with van der Waals surface area (Å²) in [6, 6.07) is 5.71. The van der Waals surface area contributed by atoms with E-state index in [0.717, 1.165) is 12.8 Å². The van der Waals surface area contributed by atoms with Crippen molar-refractivity contribution < 1.29 is 14.6 Å². The van der Waals surface area contributed by atoms with Crippen molar-refractivity contribution in [3.63, 3.8) is 0 Å². The van der Waals surface area contributed by atoms with Gasteiger partial charge in [0.1, 0.15) is 11.5 Å². The Hall–Kier alpha value is -1.95. The van der Waals surface area contributed by atoms with Gasteiger partial charge in [-0.15, -0.1) is 0 Å². The predicted octanol–water partition coefficient (Wildman–Crippen LogP) is 1.97. The minimum atomic E-state index is -0.759. The molecule has 0 amide bonds. The minimum Gasteiger partial charge on any atom is -0.497 e. The monoisotopic (exact) mass is 321 g/mol. The molecule has 1 unspecified atom stereocenters. The van der Waals surface area contributed by atoms with E-state index in [0.29, 0.717) is 29.1 Å². The molecular formula is C17H27N3O3. The van der Waals surface area contributed by atoms with Crippen LogP contribution in [0.2, 0.25) is 0 Å². The third-order valence-corrected chi connectivity index (χ3v) is 4.15. The molecule has 1 aliphatic rings. The van der Waals surface area contributed by atoms with Gasteiger partial charge in [-0.05, 0) is 30.5 Å². The lowest BCUT2D eigenvalue weighted by Gasteiger charge is -2.23. The summed E-state index contributed by atoms with van der Waals surface area (Å²) >= 11 is 0. The predicted molar refractivity (Wildman–Crippen MR) is 91.0 cm³/mol. The second kappa shape index (κ2) is 8.62. The smallest absolute Gasteiger partial charge is 0.188 e. The highest BCUT2D eigenvalue weighted by molar-refractivity contribution is 5.78. The van der Waals surface area contributed by atoms with Gasteiger partial charge in [0, 0.05) is 12.1 Å². The Morgan fingerprint density at radius 2 is 1.83 bits per heavy atom. The Labute approximate surface area is 137 Å². The largest absolute Gasteiger partial charge is 0.497 e. The summed E-state index contributed by atoms with van der Waals surface area (Å²) in [5.41, 5.74) is 6.61. The number of rotatable bonds is 6. The van der Waals surface area contributed by atoms with E-state index in [9.17, 15) is 5.11 Å². The molecule has 1 saturated carbocycles. The second-order valence-corrected chi connectivity index (χ2v) is 5.87. The van der Waals surface area contributed by atoms with Crippen LogP contribution in [0.3, 0.4) is 0 Å². The number of nitrogens with two attached hydrogens (primary N) is 1. The molecule has 0 saturated heterocycles. The van der Waals surface area contributed by atoms with E-state index in [2.05, 4.69) is 10.3 Å². The molecule has 128 valence electrons. The molecule has 2 rings (SSSR count). The lowest BCUT2D eigenvalue weighted by molar-refractivity contribution is 0.186. The van der Waals surface area contributed by atoms with Crippen LogP contribution in [0.1, 0.15) is 43.8 Å². The molecule has 1 aromatic rings. The topological polar surface area (TPSA) is 89.1 Å². The standard InChI is InChI=1S/C17H27N3O3/c1-22-14-8-12(9-15(10-14)23-2)16(21)11-19-17(18)20-13-6-4-3-5-7-13/h8-10,13,16,21H,3-7,11H2,1-2H3,(H3,18,19,20). The molecule has 1 fully saturated rings. The first-order valence-corrected chi connectivity index (χ1v) is 8.10. The van der Waals surface area contributed by atoms with Crippen LogP contribution in [0.5, 0.6) is 11.5 Å². The Bertz CT molecular complexity index is 506. The maximum atomic E-state index is 10.3. The van der Waals surface area contributed by atoms with E-state index in [1.807, 2.05) is 0 Å². The van der Waals surface area contributed by atoms with Gasteiger partial charge in [0.15, 0.2) is 5.96 Å². The van der Waals surface area contributed by atoms with E-state index in [4.69, 9.17) is 15.2 Å². The van der Waals surface area contributed by atoms with Gasteiger partial charge < -0.3 is 25.6 Å². The number of ether oxygens (including phenoxy) is 2. The Morgan fingerprint density at radius 1 is 1.22 bits per heavy atom. The van der Waals surface area contributed by atoms with Gasteiger partial charge >= 0.3 is 0 Å². The van der Waals surface area contributed by atoms with Gasteiger partial charge in [-0.3, -0.25) is 4.99 Å². The lowest BCUT2D eigenvalue weighted by atomic mass is 9.96. The van der Waals surface area contributed by atoms with Crippen molar-refractivity contribution in [2.24, 2.45) is 10.7 Å².